The minimum absolute atomic E-state index is 0.574. The molecule has 0 bridgehead atoms. The van der Waals surface area contributed by atoms with E-state index in [2.05, 4.69) is 21.4 Å². The van der Waals surface area contributed by atoms with E-state index in [0.717, 1.165) is 57.0 Å². The maximum absolute atomic E-state index is 11.8. The number of carbonyl (C=O) groups excluding carboxylic acids is 1. The number of hydrogen-bond donors (Lipinski definition) is 1. The van der Waals surface area contributed by atoms with E-state index in [4.69, 9.17) is 9.57 Å². The molecule has 1 N–H and O–H groups in total. The summed E-state index contributed by atoms with van der Waals surface area (Å²) in [5, 5.41) is 6.74. The first-order valence-electron chi connectivity index (χ1n) is 7.96. The number of nitrogens with one attached hydrogen (secondary N) is 1. The third kappa shape index (κ3) is 4.32. The van der Waals surface area contributed by atoms with Crippen LogP contribution in [0.1, 0.15) is 19.3 Å². The summed E-state index contributed by atoms with van der Waals surface area (Å²) in [4.78, 5) is 19.1. The zero-order chi connectivity index (χ0) is 15.9. The van der Waals surface area contributed by atoms with Crippen LogP contribution < -0.4 is 5.32 Å². The minimum atomic E-state index is -0.574. The van der Waals surface area contributed by atoms with Gasteiger partial charge in [0.15, 0.2) is 0 Å². The van der Waals surface area contributed by atoms with E-state index in [-0.39, 0.29) is 0 Å². The number of amides is 1. The summed E-state index contributed by atoms with van der Waals surface area (Å²) in [6.07, 6.45) is 4.47. The Morgan fingerprint density at radius 2 is 2.00 bits per heavy atom. The van der Waals surface area contributed by atoms with Gasteiger partial charge in [-0.05, 0) is 31.4 Å². The number of anilines is 1. The van der Waals surface area contributed by atoms with Crippen LogP contribution in [0.25, 0.3) is 0 Å². The number of benzene rings is 1. The zero-order valence-corrected chi connectivity index (χ0v) is 13.0. The van der Waals surface area contributed by atoms with Crippen LogP contribution in [0.15, 0.2) is 47.3 Å². The summed E-state index contributed by atoms with van der Waals surface area (Å²) in [5.41, 5.74) is 2.60. The van der Waals surface area contributed by atoms with Gasteiger partial charge in [-0.3, -0.25) is 10.2 Å². The molecular formula is C17H21N3O3. The summed E-state index contributed by atoms with van der Waals surface area (Å²) >= 11 is 0. The number of ether oxygens (including phenoxy) is 1. The predicted octanol–water partition coefficient (Wildman–Crippen LogP) is 2.99. The molecule has 6 heteroatoms. The average molecular weight is 315 g/mol. The van der Waals surface area contributed by atoms with Crippen molar-refractivity contribution in [3.8, 4) is 0 Å². The highest BCUT2D eigenvalue weighted by atomic mass is 16.7. The molecule has 1 aromatic carbocycles. The van der Waals surface area contributed by atoms with Crippen molar-refractivity contribution >= 4 is 17.5 Å². The van der Waals surface area contributed by atoms with E-state index in [1.165, 1.54) is 0 Å². The Bertz CT molecular complexity index is 592. The molecule has 23 heavy (non-hydrogen) atoms. The van der Waals surface area contributed by atoms with E-state index in [0.29, 0.717) is 5.69 Å². The lowest BCUT2D eigenvalue weighted by Gasteiger charge is -2.32. The normalized spacial score (nSPS) is 20.1. The molecule has 1 heterocycles. The number of allylic oxidation sites excluding steroid dienone is 2. The summed E-state index contributed by atoms with van der Waals surface area (Å²) in [6, 6.07) is 9.18. The number of nitrogens with zero attached hydrogens (tertiary/aromatic N) is 2. The molecule has 6 nitrogen and oxygen atoms in total. The van der Waals surface area contributed by atoms with Gasteiger partial charge in [-0.15, -0.1) is 0 Å². The first kappa shape index (κ1) is 15.6. The average Bonchev–Trinajstić information content (AvgIpc) is 2.62. The Morgan fingerprint density at radius 3 is 2.78 bits per heavy atom. The van der Waals surface area contributed by atoms with E-state index >= 15 is 0 Å². The lowest BCUT2D eigenvalue weighted by molar-refractivity contribution is 0.0557. The second-order valence-electron chi connectivity index (χ2n) is 5.49. The predicted molar refractivity (Wildman–Crippen MR) is 88.3 cm³/mol. The van der Waals surface area contributed by atoms with Crippen molar-refractivity contribution in [2.45, 2.75) is 19.3 Å². The van der Waals surface area contributed by atoms with Crippen molar-refractivity contribution in [3.05, 3.63) is 42.1 Å². The molecule has 1 fully saturated rings. The second-order valence-corrected chi connectivity index (χ2v) is 5.49. The van der Waals surface area contributed by atoms with Gasteiger partial charge < -0.3 is 9.64 Å². The number of para-hydroxylation sites is 1. The Kier molecular flexibility index (Phi) is 5.26. The van der Waals surface area contributed by atoms with Crippen LogP contribution in [0.4, 0.5) is 10.5 Å². The van der Waals surface area contributed by atoms with Crippen molar-refractivity contribution in [2.75, 3.05) is 31.6 Å². The number of rotatable bonds is 3. The topological polar surface area (TPSA) is 63.2 Å². The highest BCUT2D eigenvalue weighted by Crippen LogP contribution is 2.20. The standard InChI is InChI=1S/C17H21N3O3/c21-17(18-14-6-2-1-3-7-14)23-19-15-8-4-5-9-16(15)20-10-12-22-13-11-20/h1-3,6-7,9H,4-5,8,10-13H2,(H,18,21)/b19-15-. The van der Waals surface area contributed by atoms with Gasteiger partial charge in [0.2, 0.25) is 0 Å². The Balaban J connectivity index is 1.61. The molecule has 0 saturated carbocycles. The SMILES string of the molecule is O=C(Nc1ccccc1)O/N=C1/CCCC=C1N1CCOCC1. The van der Waals surface area contributed by atoms with Gasteiger partial charge in [0.1, 0.15) is 5.71 Å². The van der Waals surface area contributed by atoms with Crippen molar-refractivity contribution in [1.29, 1.82) is 0 Å². The zero-order valence-electron chi connectivity index (χ0n) is 13.0. The third-order valence-corrected chi connectivity index (χ3v) is 3.86. The van der Waals surface area contributed by atoms with Crippen molar-refractivity contribution in [3.63, 3.8) is 0 Å². The number of morpholine rings is 1. The molecule has 1 aromatic rings. The van der Waals surface area contributed by atoms with Crippen LogP contribution in [-0.4, -0.2) is 43.0 Å². The van der Waals surface area contributed by atoms with Crippen LogP contribution in [0.5, 0.6) is 0 Å². The van der Waals surface area contributed by atoms with E-state index in [1.807, 2.05) is 18.2 Å². The second kappa shape index (κ2) is 7.78. The summed E-state index contributed by atoms with van der Waals surface area (Å²) in [5.74, 6) is 0. The molecule has 1 saturated heterocycles. The molecule has 1 aliphatic heterocycles. The summed E-state index contributed by atoms with van der Waals surface area (Å²) < 4.78 is 5.39. The fourth-order valence-corrected chi connectivity index (χ4v) is 2.72. The summed E-state index contributed by atoms with van der Waals surface area (Å²) in [6.45, 7) is 3.14. The first-order valence-corrected chi connectivity index (χ1v) is 7.96. The van der Waals surface area contributed by atoms with Crippen molar-refractivity contribution in [2.24, 2.45) is 5.16 Å². The van der Waals surface area contributed by atoms with Crippen molar-refractivity contribution < 1.29 is 14.4 Å². The Hall–Kier alpha value is -2.34. The van der Waals surface area contributed by atoms with Gasteiger partial charge in [-0.25, -0.2) is 4.79 Å². The quantitative estimate of drug-likeness (QED) is 0.688. The maximum atomic E-state index is 11.8. The Labute approximate surface area is 135 Å². The van der Waals surface area contributed by atoms with Crippen LogP contribution in [0, 0.1) is 0 Å². The van der Waals surface area contributed by atoms with Crippen LogP contribution in [-0.2, 0) is 9.57 Å². The highest BCUT2D eigenvalue weighted by Gasteiger charge is 2.21. The lowest BCUT2D eigenvalue weighted by Crippen LogP contribution is -2.38. The number of oxime groups is 1. The molecule has 0 aromatic heterocycles. The van der Waals surface area contributed by atoms with Gasteiger partial charge in [-0.2, -0.15) is 0 Å². The molecule has 122 valence electrons. The molecular weight excluding hydrogens is 294 g/mol. The first-order chi connectivity index (χ1) is 11.3. The van der Waals surface area contributed by atoms with Crippen LogP contribution in [0.2, 0.25) is 0 Å². The molecule has 1 aliphatic carbocycles. The molecule has 0 unspecified atom stereocenters. The molecule has 1 amide bonds. The lowest BCUT2D eigenvalue weighted by atomic mass is 10.0. The molecule has 0 atom stereocenters. The van der Waals surface area contributed by atoms with Gasteiger partial charge >= 0.3 is 6.09 Å². The third-order valence-electron chi connectivity index (χ3n) is 3.86. The van der Waals surface area contributed by atoms with Crippen LogP contribution in [0.3, 0.4) is 0 Å². The fraction of sp³-hybridized carbons (Fsp3) is 0.412. The number of carbonyl (C=O) groups is 1. The molecule has 3 rings (SSSR count). The highest BCUT2D eigenvalue weighted by molar-refractivity contribution is 6.00. The summed E-state index contributed by atoms with van der Waals surface area (Å²) in [7, 11) is 0. The maximum Gasteiger partial charge on any atom is 0.437 e. The van der Waals surface area contributed by atoms with Crippen molar-refractivity contribution in [1.82, 2.24) is 4.90 Å². The van der Waals surface area contributed by atoms with E-state index < -0.39 is 6.09 Å². The monoisotopic (exact) mass is 315 g/mol. The van der Waals surface area contributed by atoms with E-state index in [9.17, 15) is 4.79 Å². The fourth-order valence-electron chi connectivity index (χ4n) is 2.72. The molecule has 0 radical (unpaired) electrons. The molecule has 2 aliphatic rings. The molecule has 0 spiro atoms. The van der Waals surface area contributed by atoms with Gasteiger partial charge in [0.25, 0.3) is 0 Å². The Morgan fingerprint density at radius 1 is 1.22 bits per heavy atom. The van der Waals surface area contributed by atoms with Gasteiger partial charge in [0, 0.05) is 18.8 Å². The largest absolute Gasteiger partial charge is 0.437 e. The van der Waals surface area contributed by atoms with Crippen LogP contribution >= 0.6 is 0 Å². The van der Waals surface area contributed by atoms with Gasteiger partial charge in [0.05, 0.1) is 18.9 Å². The number of hydrogen-bond acceptors (Lipinski definition) is 5. The smallest absolute Gasteiger partial charge is 0.378 e. The van der Waals surface area contributed by atoms with Gasteiger partial charge in [-0.1, -0.05) is 29.4 Å². The van der Waals surface area contributed by atoms with E-state index in [1.54, 1.807) is 12.1 Å². The minimum Gasteiger partial charge on any atom is -0.378 e.